The Morgan fingerprint density at radius 1 is 0.897 bits per heavy atom. The molecule has 1 aromatic carbocycles. The second-order valence-electron chi connectivity index (χ2n) is 9.75. The number of nitrogens with one attached hydrogen (secondary N) is 2. The van der Waals surface area contributed by atoms with E-state index in [2.05, 4.69) is 10.6 Å². The zero-order chi connectivity index (χ0) is 22.2. The summed E-state index contributed by atoms with van der Waals surface area (Å²) >= 11 is 0. The number of primary amides is 1. The molecule has 0 bridgehead atoms. The minimum Gasteiger partial charge on any atom is -0.445 e. The quantitative estimate of drug-likeness (QED) is 0.617. The number of carbonyl (C=O) groups is 3. The Hall–Kier alpha value is -2.57. The summed E-state index contributed by atoms with van der Waals surface area (Å²) in [4.78, 5) is 36.9. The first-order chi connectivity index (χ1) is 13.3. The molecule has 0 unspecified atom stereocenters. The number of rotatable bonds is 8. The topological polar surface area (TPSA) is 111 Å². The largest absolute Gasteiger partial charge is 0.445 e. The van der Waals surface area contributed by atoms with E-state index in [0.29, 0.717) is 12.8 Å². The number of hydrogen-bond acceptors (Lipinski definition) is 4. The first-order valence-corrected chi connectivity index (χ1v) is 9.84. The standard InChI is InChI=1S/C22H35N3O4/c1-21(2,3)12-16(18(23)26)24-19(27)17(13-22(4,5)6)25-20(28)29-14-15-10-8-7-9-11-15/h7-11,16-17H,12-14H2,1-6H3,(H2,23,26)(H,24,27)(H,25,28)/t16-,17-/m0/s1. The number of ether oxygens (including phenoxy) is 1. The van der Waals surface area contributed by atoms with Crippen molar-refractivity contribution < 1.29 is 19.1 Å². The highest BCUT2D eigenvalue weighted by Crippen LogP contribution is 2.23. The van der Waals surface area contributed by atoms with Crippen molar-refractivity contribution in [2.24, 2.45) is 16.6 Å². The highest BCUT2D eigenvalue weighted by molar-refractivity contribution is 5.90. The van der Waals surface area contributed by atoms with Crippen molar-refractivity contribution in [3.8, 4) is 0 Å². The molecule has 3 amide bonds. The first-order valence-electron chi connectivity index (χ1n) is 9.84. The molecule has 1 rings (SSSR count). The number of carbonyl (C=O) groups excluding carboxylic acids is 3. The van der Waals surface area contributed by atoms with Gasteiger partial charge in [-0.3, -0.25) is 9.59 Å². The number of alkyl carbamates (subject to hydrolysis) is 1. The van der Waals surface area contributed by atoms with Crippen molar-refractivity contribution in [2.75, 3.05) is 0 Å². The molecule has 0 spiro atoms. The Labute approximate surface area is 173 Å². The monoisotopic (exact) mass is 405 g/mol. The fraction of sp³-hybridized carbons (Fsp3) is 0.591. The third kappa shape index (κ3) is 10.5. The second kappa shape index (κ2) is 10.3. The van der Waals surface area contributed by atoms with E-state index < -0.39 is 30.0 Å². The molecule has 0 aliphatic rings. The maximum Gasteiger partial charge on any atom is 0.408 e. The summed E-state index contributed by atoms with van der Waals surface area (Å²) in [5, 5.41) is 5.32. The summed E-state index contributed by atoms with van der Waals surface area (Å²) < 4.78 is 5.23. The van der Waals surface area contributed by atoms with E-state index in [9.17, 15) is 14.4 Å². The van der Waals surface area contributed by atoms with Gasteiger partial charge in [0, 0.05) is 0 Å². The summed E-state index contributed by atoms with van der Waals surface area (Å²) in [6.07, 6.45) is 0.0828. The van der Waals surface area contributed by atoms with Gasteiger partial charge in [0.2, 0.25) is 11.8 Å². The van der Waals surface area contributed by atoms with Crippen LogP contribution in [0.2, 0.25) is 0 Å². The predicted molar refractivity (Wildman–Crippen MR) is 113 cm³/mol. The molecule has 0 saturated heterocycles. The van der Waals surface area contributed by atoms with Crippen LogP contribution in [0, 0.1) is 10.8 Å². The lowest BCUT2D eigenvalue weighted by Crippen LogP contribution is -2.54. The van der Waals surface area contributed by atoms with E-state index >= 15 is 0 Å². The Balaban J connectivity index is 2.80. The zero-order valence-electron chi connectivity index (χ0n) is 18.4. The SMILES string of the molecule is CC(C)(C)C[C@H](NC(=O)[C@H](CC(C)(C)C)NC(=O)OCc1ccccc1)C(N)=O. The van der Waals surface area contributed by atoms with Gasteiger partial charge in [0.05, 0.1) is 0 Å². The van der Waals surface area contributed by atoms with Gasteiger partial charge in [-0.05, 0) is 29.2 Å². The van der Waals surface area contributed by atoms with Crippen molar-refractivity contribution in [2.45, 2.75) is 73.1 Å². The van der Waals surface area contributed by atoms with E-state index in [-0.39, 0.29) is 17.4 Å². The number of amides is 3. The minimum atomic E-state index is -0.847. The van der Waals surface area contributed by atoms with Crippen LogP contribution >= 0.6 is 0 Å². The highest BCUT2D eigenvalue weighted by Gasteiger charge is 2.31. The molecule has 0 saturated carbocycles. The summed E-state index contributed by atoms with van der Waals surface area (Å²) in [6.45, 7) is 11.9. The van der Waals surface area contributed by atoms with Crippen molar-refractivity contribution in [3.63, 3.8) is 0 Å². The first kappa shape index (κ1) is 24.5. The number of benzene rings is 1. The smallest absolute Gasteiger partial charge is 0.408 e. The molecule has 0 aromatic heterocycles. The van der Waals surface area contributed by atoms with Crippen molar-refractivity contribution in [3.05, 3.63) is 35.9 Å². The van der Waals surface area contributed by atoms with Crippen LogP contribution in [-0.2, 0) is 20.9 Å². The van der Waals surface area contributed by atoms with Gasteiger partial charge in [-0.1, -0.05) is 71.9 Å². The average Bonchev–Trinajstić information content (AvgIpc) is 2.57. The Morgan fingerprint density at radius 3 is 1.90 bits per heavy atom. The van der Waals surface area contributed by atoms with Crippen LogP contribution < -0.4 is 16.4 Å². The van der Waals surface area contributed by atoms with E-state index in [4.69, 9.17) is 10.5 Å². The normalized spacial score (nSPS) is 13.9. The van der Waals surface area contributed by atoms with Crippen LogP contribution in [0.5, 0.6) is 0 Å². The Kier molecular flexibility index (Phi) is 8.67. The Bertz CT molecular complexity index is 690. The van der Waals surface area contributed by atoms with Crippen molar-refractivity contribution in [1.82, 2.24) is 10.6 Å². The highest BCUT2D eigenvalue weighted by atomic mass is 16.5. The van der Waals surface area contributed by atoms with E-state index in [1.807, 2.05) is 71.9 Å². The van der Waals surface area contributed by atoms with E-state index in [0.717, 1.165) is 5.56 Å². The van der Waals surface area contributed by atoms with Crippen LogP contribution in [0.1, 0.15) is 59.9 Å². The molecule has 1 aromatic rings. The summed E-state index contributed by atoms with van der Waals surface area (Å²) in [5.41, 5.74) is 5.88. The van der Waals surface area contributed by atoms with Gasteiger partial charge < -0.3 is 21.1 Å². The molecule has 4 N–H and O–H groups in total. The summed E-state index contributed by atoms with van der Waals surface area (Å²) in [5.74, 6) is -1.06. The van der Waals surface area contributed by atoms with Gasteiger partial charge in [0.15, 0.2) is 0 Å². The molecular formula is C22H35N3O4. The molecule has 162 valence electrons. The van der Waals surface area contributed by atoms with Crippen LogP contribution in [0.4, 0.5) is 4.79 Å². The molecule has 7 nitrogen and oxygen atoms in total. The molecule has 29 heavy (non-hydrogen) atoms. The maximum atomic E-state index is 12.8. The molecule has 0 aliphatic carbocycles. The molecule has 2 atom stereocenters. The van der Waals surface area contributed by atoms with Crippen LogP contribution in [-0.4, -0.2) is 30.0 Å². The fourth-order valence-corrected chi connectivity index (χ4v) is 2.84. The lowest BCUT2D eigenvalue weighted by atomic mass is 9.86. The van der Waals surface area contributed by atoms with Crippen LogP contribution in [0.3, 0.4) is 0 Å². The van der Waals surface area contributed by atoms with Gasteiger partial charge in [0.1, 0.15) is 18.7 Å². The molecular weight excluding hydrogens is 370 g/mol. The van der Waals surface area contributed by atoms with E-state index in [1.165, 1.54) is 0 Å². The van der Waals surface area contributed by atoms with Gasteiger partial charge in [-0.15, -0.1) is 0 Å². The maximum absolute atomic E-state index is 12.8. The third-order valence-electron chi connectivity index (χ3n) is 4.11. The molecule has 7 heteroatoms. The lowest BCUT2D eigenvalue weighted by Gasteiger charge is -2.29. The van der Waals surface area contributed by atoms with Gasteiger partial charge >= 0.3 is 6.09 Å². The minimum absolute atomic E-state index is 0.102. The number of hydrogen-bond donors (Lipinski definition) is 3. The average molecular weight is 406 g/mol. The molecule has 0 fully saturated rings. The van der Waals surface area contributed by atoms with Gasteiger partial charge in [-0.25, -0.2) is 4.79 Å². The lowest BCUT2D eigenvalue weighted by molar-refractivity contribution is -0.129. The molecule has 0 aliphatic heterocycles. The summed E-state index contributed by atoms with van der Waals surface area (Å²) in [7, 11) is 0. The van der Waals surface area contributed by atoms with Crippen molar-refractivity contribution >= 4 is 17.9 Å². The second-order valence-corrected chi connectivity index (χ2v) is 9.75. The third-order valence-corrected chi connectivity index (χ3v) is 4.11. The van der Waals surface area contributed by atoms with Crippen LogP contribution in [0.25, 0.3) is 0 Å². The van der Waals surface area contributed by atoms with E-state index in [1.54, 1.807) is 0 Å². The zero-order valence-corrected chi connectivity index (χ0v) is 18.4. The fourth-order valence-electron chi connectivity index (χ4n) is 2.84. The summed E-state index contributed by atoms with van der Waals surface area (Å²) in [6, 6.07) is 7.61. The molecule has 0 radical (unpaired) electrons. The Morgan fingerprint density at radius 2 is 1.41 bits per heavy atom. The van der Waals surface area contributed by atoms with Crippen LogP contribution in [0.15, 0.2) is 30.3 Å². The molecule has 0 heterocycles. The predicted octanol–water partition coefficient (Wildman–Crippen LogP) is 3.12. The van der Waals surface area contributed by atoms with Gasteiger partial charge in [-0.2, -0.15) is 0 Å². The van der Waals surface area contributed by atoms with Gasteiger partial charge in [0.25, 0.3) is 0 Å². The number of nitrogens with two attached hydrogens (primary N) is 1. The van der Waals surface area contributed by atoms with Crippen molar-refractivity contribution in [1.29, 1.82) is 0 Å².